The minimum atomic E-state index is -3.22. The minimum Gasteiger partial charge on any atom is -0.326 e. The van der Waals surface area contributed by atoms with E-state index in [0.29, 0.717) is 17.0 Å². The van der Waals surface area contributed by atoms with Gasteiger partial charge < -0.3 is 11.1 Å². The quantitative estimate of drug-likeness (QED) is 0.853. The SMILES string of the molecule is CC(C(=O)Nc1ccc2c(c1)S(=O)(=O)CC2)C(N)c1ccccc1.Cl. The van der Waals surface area contributed by atoms with E-state index in [1.165, 1.54) is 6.07 Å². The Labute approximate surface area is 154 Å². The number of hydrogen-bond donors (Lipinski definition) is 2. The number of hydrogen-bond acceptors (Lipinski definition) is 4. The van der Waals surface area contributed by atoms with Crippen molar-refractivity contribution in [2.75, 3.05) is 11.1 Å². The van der Waals surface area contributed by atoms with Crippen LogP contribution in [0.1, 0.15) is 24.1 Å². The smallest absolute Gasteiger partial charge is 0.229 e. The second kappa shape index (κ2) is 7.56. The van der Waals surface area contributed by atoms with Crippen molar-refractivity contribution in [2.24, 2.45) is 11.7 Å². The van der Waals surface area contributed by atoms with Gasteiger partial charge in [-0.3, -0.25) is 4.79 Å². The molecule has 0 saturated heterocycles. The number of fused-ring (bicyclic) bond motifs is 1. The molecule has 1 amide bonds. The second-order valence-corrected chi connectivity index (χ2v) is 8.18. The van der Waals surface area contributed by atoms with Gasteiger partial charge in [-0.15, -0.1) is 12.4 Å². The average molecular weight is 381 g/mol. The first-order chi connectivity index (χ1) is 11.4. The Morgan fingerprint density at radius 2 is 1.84 bits per heavy atom. The van der Waals surface area contributed by atoms with Crippen LogP contribution in [0.2, 0.25) is 0 Å². The number of anilines is 1. The number of halogens is 1. The van der Waals surface area contributed by atoms with Crippen molar-refractivity contribution < 1.29 is 13.2 Å². The Hall–Kier alpha value is -1.89. The van der Waals surface area contributed by atoms with Crippen molar-refractivity contribution in [1.82, 2.24) is 0 Å². The molecule has 0 radical (unpaired) electrons. The molecule has 25 heavy (non-hydrogen) atoms. The fourth-order valence-corrected chi connectivity index (χ4v) is 4.45. The molecular formula is C18H21ClN2O3S. The molecule has 0 aliphatic carbocycles. The van der Waals surface area contributed by atoms with Gasteiger partial charge in [-0.05, 0) is 29.7 Å². The number of benzene rings is 2. The summed E-state index contributed by atoms with van der Waals surface area (Å²) in [6, 6.07) is 14.0. The van der Waals surface area contributed by atoms with Gasteiger partial charge in [0.2, 0.25) is 5.91 Å². The number of nitrogens with one attached hydrogen (secondary N) is 1. The van der Waals surface area contributed by atoms with Crippen LogP contribution in [0.3, 0.4) is 0 Å². The van der Waals surface area contributed by atoms with E-state index in [4.69, 9.17) is 5.73 Å². The standard InChI is InChI=1S/C18H20N2O3S.ClH/c1-12(17(19)14-5-3-2-4-6-14)18(21)20-15-8-7-13-9-10-24(22,23)16(13)11-15;/h2-8,11-12,17H,9-10,19H2,1H3,(H,20,21);1H. The summed E-state index contributed by atoms with van der Waals surface area (Å²) in [4.78, 5) is 12.8. The molecule has 0 spiro atoms. The number of amides is 1. The summed E-state index contributed by atoms with van der Waals surface area (Å²) in [5, 5.41) is 2.78. The summed E-state index contributed by atoms with van der Waals surface area (Å²) in [6.45, 7) is 1.76. The van der Waals surface area contributed by atoms with Crippen molar-refractivity contribution in [3.63, 3.8) is 0 Å². The van der Waals surface area contributed by atoms with Gasteiger partial charge in [0.15, 0.2) is 9.84 Å². The molecule has 2 aromatic rings. The topological polar surface area (TPSA) is 89.3 Å². The molecule has 0 fully saturated rings. The van der Waals surface area contributed by atoms with E-state index in [1.807, 2.05) is 30.3 Å². The van der Waals surface area contributed by atoms with Gasteiger partial charge >= 0.3 is 0 Å². The predicted octanol–water partition coefficient (Wildman–Crippen LogP) is 2.71. The first-order valence-corrected chi connectivity index (χ1v) is 9.51. The summed E-state index contributed by atoms with van der Waals surface area (Å²) in [6.07, 6.45) is 0.529. The summed E-state index contributed by atoms with van der Waals surface area (Å²) >= 11 is 0. The lowest BCUT2D eigenvalue weighted by Crippen LogP contribution is -2.30. The third-order valence-corrected chi connectivity index (χ3v) is 6.24. The second-order valence-electron chi connectivity index (χ2n) is 6.11. The predicted molar refractivity (Wildman–Crippen MR) is 101 cm³/mol. The van der Waals surface area contributed by atoms with E-state index >= 15 is 0 Å². The van der Waals surface area contributed by atoms with Crippen molar-refractivity contribution in [2.45, 2.75) is 24.3 Å². The van der Waals surface area contributed by atoms with Gasteiger partial charge in [0, 0.05) is 11.7 Å². The number of carbonyl (C=O) groups excluding carboxylic acids is 1. The lowest BCUT2D eigenvalue weighted by molar-refractivity contribution is -0.120. The highest BCUT2D eigenvalue weighted by molar-refractivity contribution is 7.91. The zero-order chi connectivity index (χ0) is 17.3. The monoisotopic (exact) mass is 380 g/mol. The Morgan fingerprint density at radius 3 is 2.52 bits per heavy atom. The molecule has 7 heteroatoms. The maximum absolute atomic E-state index is 12.4. The van der Waals surface area contributed by atoms with Crippen LogP contribution in [0.5, 0.6) is 0 Å². The number of nitrogens with two attached hydrogens (primary N) is 1. The van der Waals surface area contributed by atoms with Gasteiger partial charge in [-0.25, -0.2) is 8.42 Å². The molecule has 2 aromatic carbocycles. The molecule has 3 rings (SSSR count). The number of carbonyl (C=O) groups is 1. The highest BCUT2D eigenvalue weighted by Gasteiger charge is 2.27. The molecule has 1 heterocycles. The summed E-state index contributed by atoms with van der Waals surface area (Å²) < 4.78 is 24.0. The summed E-state index contributed by atoms with van der Waals surface area (Å²) in [5.74, 6) is -0.548. The van der Waals surface area contributed by atoms with E-state index in [0.717, 1.165) is 11.1 Å². The Morgan fingerprint density at radius 1 is 1.16 bits per heavy atom. The number of sulfone groups is 1. The third-order valence-electron chi connectivity index (χ3n) is 4.45. The molecule has 2 unspecified atom stereocenters. The van der Waals surface area contributed by atoms with Crippen LogP contribution in [0, 0.1) is 5.92 Å². The Bertz CT molecular complexity index is 869. The normalized spacial score (nSPS) is 17.0. The van der Waals surface area contributed by atoms with Crippen molar-refractivity contribution in [3.8, 4) is 0 Å². The highest BCUT2D eigenvalue weighted by atomic mass is 35.5. The maximum atomic E-state index is 12.4. The fourth-order valence-electron chi connectivity index (χ4n) is 2.87. The van der Waals surface area contributed by atoms with E-state index in [2.05, 4.69) is 5.32 Å². The lowest BCUT2D eigenvalue weighted by atomic mass is 9.94. The highest BCUT2D eigenvalue weighted by Crippen LogP contribution is 2.29. The molecule has 1 aliphatic rings. The van der Waals surface area contributed by atoms with E-state index < -0.39 is 21.8 Å². The first-order valence-electron chi connectivity index (χ1n) is 7.85. The van der Waals surface area contributed by atoms with Crippen LogP contribution in [-0.2, 0) is 21.1 Å². The molecular weight excluding hydrogens is 360 g/mol. The molecule has 1 aliphatic heterocycles. The van der Waals surface area contributed by atoms with E-state index in [9.17, 15) is 13.2 Å². The van der Waals surface area contributed by atoms with Crippen LogP contribution in [0.25, 0.3) is 0 Å². The van der Waals surface area contributed by atoms with Crippen LogP contribution >= 0.6 is 12.4 Å². The molecule has 0 saturated carbocycles. The van der Waals surface area contributed by atoms with Crippen molar-refractivity contribution in [3.05, 3.63) is 59.7 Å². The zero-order valence-electron chi connectivity index (χ0n) is 13.8. The summed E-state index contributed by atoms with van der Waals surface area (Å²) in [7, 11) is -3.22. The number of aryl methyl sites for hydroxylation is 1. The molecule has 2 atom stereocenters. The molecule has 134 valence electrons. The lowest BCUT2D eigenvalue weighted by Gasteiger charge is -2.20. The van der Waals surface area contributed by atoms with Crippen LogP contribution in [0.4, 0.5) is 5.69 Å². The van der Waals surface area contributed by atoms with Gasteiger partial charge in [0.25, 0.3) is 0 Å². The van der Waals surface area contributed by atoms with Gasteiger partial charge in [0.1, 0.15) is 0 Å². The Kier molecular flexibility index (Phi) is 5.87. The first kappa shape index (κ1) is 19.4. The molecule has 5 nitrogen and oxygen atoms in total. The van der Waals surface area contributed by atoms with Crippen molar-refractivity contribution >= 4 is 33.8 Å². The maximum Gasteiger partial charge on any atom is 0.229 e. The molecule has 3 N–H and O–H groups in total. The largest absolute Gasteiger partial charge is 0.326 e. The van der Waals surface area contributed by atoms with Crippen LogP contribution in [0.15, 0.2) is 53.4 Å². The molecule has 0 aromatic heterocycles. The van der Waals surface area contributed by atoms with Gasteiger partial charge in [-0.2, -0.15) is 0 Å². The average Bonchev–Trinajstić information content (AvgIpc) is 2.89. The van der Waals surface area contributed by atoms with E-state index in [-0.39, 0.29) is 24.1 Å². The fraction of sp³-hybridized carbons (Fsp3) is 0.278. The van der Waals surface area contributed by atoms with Gasteiger partial charge in [-0.1, -0.05) is 43.3 Å². The minimum absolute atomic E-state index is 0. The van der Waals surface area contributed by atoms with Crippen LogP contribution < -0.4 is 11.1 Å². The zero-order valence-corrected chi connectivity index (χ0v) is 15.4. The summed E-state index contributed by atoms with van der Waals surface area (Å²) in [5.41, 5.74) is 8.35. The molecule has 0 bridgehead atoms. The number of rotatable bonds is 4. The van der Waals surface area contributed by atoms with E-state index in [1.54, 1.807) is 19.1 Å². The van der Waals surface area contributed by atoms with Gasteiger partial charge in [0.05, 0.1) is 16.6 Å². The third kappa shape index (κ3) is 4.03. The Balaban J connectivity index is 0.00000225. The van der Waals surface area contributed by atoms with Crippen LogP contribution in [-0.4, -0.2) is 20.1 Å². The van der Waals surface area contributed by atoms with Crippen molar-refractivity contribution in [1.29, 1.82) is 0 Å².